The van der Waals surface area contributed by atoms with E-state index in [-0.39, 0.29) is 12.3 Å². The van der Waals surface area contributed by atoms with Crippen LogP contribution in [0.4, 0.5) is 0 Å². The van der Waals surface area contributed by atoms with Crippen molar-refractivity contribution in [3.63, 3.8) is 0 Å². The molecule has 0 bridgehead atoms. The number of hydrogen-bond donors (Lipinski definition) is 2. The fourth-order valence-electron chi connectivity index (χ4n) is 1.42. The summed E-state index contributed by atoms with van der Waals surface area (Å²) in [6.45, 7) is 4.65. The molecule has 15 heavy (non-hydrogen) atoms. The Hall–Kier alpha value is -1.62. The molecule has 0 unspecified atom stereocenters. The van der Waals surface area contributed by atoms with Gasteiger partial charge in [0.05, 0.1) is 0 Å². The van der Waals surface area contributed by atoms with Crippen molar-refractivity contribution in [2.75, 3.05) is 13.1 Å². The van der Waals surface area contributed by atoms with Crippen LogP contribution in [0.25, 0.3) is 0 Å². The third kappa shape index (κ3) is 2.92. The van der Waals surface area contributed by atoms with Gasteiger partial charge in [0.25, 0.3) is 0 Å². The van der Waals surface area contributed by atoms with Crippen molar-refractivity contribution in [1.82, 2.24) is 10.4 Å². The van der Waals surface area contributed by atoms with Gasteiger partial charge in [0.1, 0.15) is 0 Å². The first-order chi connectivity index (χ1) is 7.19. The summed E-state index contributed by atoms with van der Waals surface area (Å²) in [6.07, 6.45) is 3.94. The number of hydrogen-bond acceptors (Lipinski definition) is 3. The van der Waals surface area contributed by atoms with Crippen molar-refractivity contribution in [1.29, 1.82) is 0 Å². The Morgan fingerprint density at radius 2 is 2.47 bits per heavy atom. The Morgan fingerprint density at radius 3 is 3.07 bits per heavy atom. The van der Waals surface area contributed by atoms with Gasteiger partial charge in [0.15, 0.2) is 0 Å². The van der Waals surface area contributed by atoms with Crippen molar-refractivity contribution >= 4 is 11.8 Å². The van der Waals surface area contributed by atoms with Crippen LogP contribution in [0, 0.1) is 0 Å². The summed E-state index contributed by atoms with van der Waals surface area (Å²) in [5.41, 5.74) is 2.16. The summed E-state index contributed by atoms with van der Waals surface area (Å²) in [5, 5.41) is 8.28. The molecule has 1 heterocycles. The van der Waals surface area contributed by atoms with Gasteiger partial charge in [-0.05, 0) is 6.42 Å². The minimum atomic E-state index is -0.481. The van der Waals surface area contributed by atoms with Crippen LogP contribution in [0.1, 0.15) is 12.8 Å². The molecule has 1 aliphatic rings. The summed E-state index contributed by atoms with van der Waals surface area (Å²) < 4.78 is 0. The topological polar surface area (TPSA) is 69.6 Å². The van der Waals surface area contributed by atoms with Gasteiger partial charge >= 0.3 is 0 Å². The first kappa shape index (κ1) is 11.5. The summed E-state index contributed by atoms with van der Waals surface area (Å²) in [4.78, 5) is 24.0. The lowest BCUT2D eigenvalue weighted by Gasteiger charge is -2.13. The van der Waals surface area contributed by atoms with E-state index in [0.29, 0.717) is 25.1 Å². The predicted molar refractivity (Wildman–Crippen MR) is 54.0 cm³/mol. The first-order valence-electron chi connectivity index (χ1n) is 4.71. The van der Waals surface area contributed by atoms with Crippen LogP contribution in [0.5, 0.6) is 0 Å². The van der Waals surface area contributed by atoms with Crippen LogP contribution in [0.2, 0.25) is 0 Å². The molecular weight excluding hydrogens is 196 g/mol. The van der Waals surface area contributed by atoms with Crippen molar-refractivity contribution < 1.29 is 14.8 Å². The summed E-state index contributed by atoms with van der Waals surface area (Å²) in [5.74, 6) is -0.536. The van der Waals surface area contributed by atoms with Gasteiger partial charge in [-0.25, -0.2) is 5.48 Å². The lowest BCUT2D eigenvalue weighted by Crippen LogP contribution is -2.27. The van der Waals surface area contributed by atoms with Crippen LogP contribution in [-0.4, -0.2) is 35.0 Å². The highest BCUT2D eigenvalue weighted by Crippen LogP contribution is 2.15. The number of carbonyl (C=O) groups excluding carboxylic acids is 2. The Labute approximate surface area is 88.0 Å². The predicted octanol–water partition coefficient (Wildman–Crippen LogP) is 0.227. The van der Waals surface area contributed by atoms with Crippen LogP contribution < -0.4 is 5.48 Å². The maximum atomic E-state index is 11.6. The Kier molecular flexibility index (Phi) is 4.05. The average molecular weight is 210 g/mol. The number of carbonyl (C=O) groups is 2. The molecule has 0 radical (unpaired) electrons. The Bertz CT molecular complexity index is 310. The Morgan fingerprint density at radius 1 is 1.73 bits per heavy atom. The van der Waals surface area contributed by atoms with Crippen LogP contribution >= 0.6 is 0 Å². The van der Waals surface area contributed by atoms with Gasteiger partial charge in [-0.15, -0.1) is 6.58 Å². The molecule has 5 heteroatoms. The summed E-state index contributed by atoms with van der Waals surface area (Å²) in [7, 11) is 0. The zero-order valence-corrected chi connectivity index (χ0v) is 8.40. The third-order valence-corrected chi connectivity index (χ3v) is 2.22. The van der Waals surface area contributed by atoms with Crippen molar-refractivity contribution in [2.24, 2.45) is 0 Å². The fraction of sp³-hybridized carbons (Fsp3) is 0.400. The zero-order valence-electron chi connectivity index (χ0n) is 8.40. The maximum Gasteiger partial charge on any atom is 0.250 e. The number of nitrogens with one attached hydrogen (secondary N) is 1. The molecule has 0 atom stereocenters. The van der Waals surface area contributed by atoms with E-state index in [2.05, 4.69) is 6.58 Å². The van der Waals surface area contributed by atoms with E-state index in [1.807, 2.05) is 0 Å². The van der Waals surface area contributed by atoms with E-state index in [1.54, 1.807) is 17.1 Å². The molecule has 0 aromatic rings. The highest BCUT2D eigenvalue weighted by Gasteiger charge is 2.22. The fourth-order valence-corrected chi connectivity index (χ4v) is 1.42. The first-order valence-corrected chi connectivity index (χ1v) is 4.71. The Balaban J connectivity index is 2.42. The standard InChI is InChI=1S/C10H14N2O3/c1-2-6-12-7-5-8(10(12)14)3-4-9(13)11-15/h2,5,15H,1,3-4,6-7H2,(H,11,13). The molecule has 5 nitrogen and oxygen atoms in total. The van der Waals surface area contributed by atoms with Crippen molar-refractivity contribution in [2.45, 2.75) is 12.8 Å². The van der Waals surface area contributed by atoms with E-state index >= 15 is 0 Å². The lowest BCUT2D eigenvalue weighted by atomic mass is 10.1. The largest absolute Gasteiger partial charge is 0.331 e. The highest BCUT2D eigenvalue weighted by atomic mass is 16.5. The average Bonchev–Trinajstić information content (AvgIpc) is 2.58. The monoisotopic (exact) mass is 210 g/mol. The molecule has 2 amide bonds. The van der Waals surface area contributed by atoms with E-state index in [9.17, 15) is 9.59 Å². The molecule has 0 aliphatic carbocycles. The van der Waals surface area contributed by atoms with Crippen molar-refractivity contribution in [3.05, 3.63) is 24.3 Å². The lowest BCUT2D eigenvalue weighted by molar-refractivity contribution is -0.129. The smallest absolute Gasteiger partial charge is 0.250 e. The molecule has 1 aliphatic heterocycles. The molecule has 0 fully saturated rings. The van der Waals surface area contributed by atoms with Crippen LogP contribution in [0.3, 0.4) is 0 Å². The molecule has 82 valence electrons. The van der Waals surface area contributed by atoms with E-state index in [0.717, 1.165) is 0 Å². The van der Waals surface area contributed by atoms with E-state index in [1.165, 1.54) is 5.48 Å². The van der Waals surface area contributed by atoms with Crippen LogP contribution in [0.15, 0.2) is 24.3 Å². The van der Waals surface area contributed by atoms with Gasteiger partial charge < -0.3 is 4.90 Å². The number of rotatable bonds is 5. The second kappa shape index (κ2) is 5.31. The second-order valence-corrected chi connectivity index (χ2v) is 3.26. The van der Waals surface area contributed by atoms with Gasteiger partial charge in [-0.3, -0.25) is 14.8 Å². The number of amides is 2. The van der Waals surface area contributed by atoms with E-state index < -0.39 is 5.91 Å². The molecule has 0 aromatic carbocycles. The molecule has 0 spiro atoms. The maximum absolute atomic E-state index is 11.6. The van der Waals surface area contributed by atoms with Gasteiger partial charge in [-0.2, -0.15) is 0 Å². The second-order valence-electron chi connectivity index (χ2n) is 3.26. The summed E-state index contributed by atoms with van der Waals surface area (Å²) in [6, 6.07) is 0. The highest BCUT2D eigenvalue weighted by molar-refractivity contribution is 5.96. The number of hydroxylamine groups is 1. The van der Waals surface area contributed by atoms with E-state index in [4.69, 9.17) is 5.21 Å². The molecule has 0 saturated heterocycles. The minimum Gasteiger partial charge on any atom is -0.331 e. The van der Waals surface area contributed by atoms with Gasteiger partial charge in [0.2, 0.25) is 11.8 Å². The summed E-state index contributed by atoms with van der Waals surface area (Å²) >= 11 is 0. The minimum absolute atomic E-state index is 0.0550. The van der Waals surface area contributed by atoms with Crippen molar-refractivity contribution in [3.8, 4) is 0 Å². The normalized spacial score (nSPS) is 15.1. The molecule has 0 aromatic heterocycles. The van der Waals surface area contributed by atoms with Gasteiger partial charge in [0, 0.05) is 25.1 Å². The third-order valence-electron chi connectivity index (χ3n) is 2.22. The SMILES string of the molecule is C=CCN1CC=C(CCC(=O)NO)C1=O. The zero-order chi connectivity index (χ0) is 11.3. The molecule has 0 saturated carbocycles. The quantitative estimate of drug-likeness (QED) is 0.387. The molecular formula is C10H14N2O3. The number of nitrogens with zero attached hydrogens (tertiary/aromatic N) is 1. The van der Waals surface area contributed by atoms with Gasteiger partial charge in [-0.1, -0.05) is 12.2 Å². The van der Waals surface area contributed by atoms with Crippen LogP contribution in [-0.2, 0) is 9.59 Å². The molecule has 2 N–H and O–H groups in total. The molecule has 1 rings (SSSR count).